The monoisotopic (exact) mass is 163 g/mol. The van der Waals surface area contributed by atoms with Crippen LogP contribution in [0.2, 0.25) is 0 Å². The lowest BCUT2D eigenvalue weighted by molar-refractivity contribution is 0.112. The number of carbonyl (C=O) groups excluding carboxylic acids is 1. The van der Waals surface area contributed by atoms with E-state index in [4.69, 9.17) is 0 Å². The maximum Gasteiger partial charge on any atom is 0.152 e. The number of fused-ring (bicyclic) bond motifs is 1. The summed E-state index contributed by atoms with van der Waals surface area (Å²) < 4.78 is 12.8. The van der Waals surface area contributed by atoms with Gasteiger partial charge in [-0.25, -0.2) is 4.39 Å². The molecule has 0 radical (unpaired) electrons. The van der Waals surface area contributed by atoms with Crippen molar-refractivity contribution in [3.63, 3.8) is 0 Å². The quantitative estimate of drug-likeness (QED) is 0.641. The molecular weight excluding hydrogens is 157 g/mol. The largest absolute Gasteiger partial charge is 0.361 e. The minimum atomic E-state index is -0.385. The lowest BCUT2D eigenvalue weighted by Crippen LogP contribution is -1.84. The molecule has 2 aromatic rings. The van der Waals surface area contributed by atoms with E-state index in [0.29, 0.717) is 17.4 Å². The van der Waals surface area contributed by atoms with Crippen molar-refractivity contribution < 1.29 is 9.18 Å². The molecule has 0 spiro atoms. The first-order chi connectivity index (χ1) is 5.81. The number of nitrogens with one attached hydrogen (secondary N) is 1. The maximum absolute atomic E-state index is 12.8. The van der Waals surface area contributed by atoms with Gasteiger partial charge in [0, 0.05) is 17.1 Å². The predicted octanol–water partition coefficient (Wildman–Crippen LogP) is 2.12. The van der Waals surface area contributed by atoms with Gasteiger partial charge < -0.3 is 4.98 Å². The van der Waals surface area contributed by atoms with E-state index in [-0.39, 0.29) is 5.82 Å². The molecule has 0 aliphatic carbocycles. The maximum atomic E-state index is 12.8. The molecule has 12 heavy (non-hydrogen) atoms. The first-order valence-electron chi connectivity index (χ1n) is 3.53. The van der Waals surface area contributed by atoms with E-state index in [1.165, 1.54) is 12.1 Å². The van der Waals surface area contributed by atoms with E-state index in [1.807, 2.05) is 0 Å². The van der Waals surface area contributed by atoms with Crippen LogP contribution in [0.1, 0.15) is 10.4 Å². The second kappa shape index (κ2) is 2.44. The van der Waals surface area contributed by atoms with E-state index < -0.39 is 0 Å². The first kappa shape index (κ1) is 7.03. The van der Waals surface area contributed by atoms with Gasteiger partial charge in [0.15, 0.2) is 6.29 Å². The molecule has 2 rings (SSSR count). The van der Waals surface area contributed by atoms with Crippen LogP contribution in [0.25, 0.3) is 10.9 Å². The van der Waals surface area contributed by atoms with Crippen molar-refractivity contribution in [1.29, 1.82) is 0 Å². The molecule has 0 aliphatic rings. The van der Waals surface area contributed by atoms with Crippen LogP contribution in [-0.2, 0) is 0 Å². The summed E-state index contributed by atoms with van der Waals surface area (Å²) in [6, 6.07) is 4.33. The van der Waals surface area contributed by atoms with Crippen LogP contribution >= 0.6 is 0 Å². The van der Waals surface area contributed by atoms with E-state index in [1.54, 1.807) is 12.3 Å². The summed E-state index contributed by atoms with van der Waals surface area (Å²) in [7, 11) is 0. The van der Waals surface area contributed by atoms with Crippen molar-refractivity contribution in [2.24, 2.45) is 0 Å². The van der Waals surface area contributed by atoms with Crippen molar-refractivity contribution >= 4 is 17.2 Å². The molecule has 3 heteroatoms. The Kier molecular flexibility index (Phi) is 1.43. The highest BCUT2D eigenvalue weighted by Gasteiger charge is 2.03. The first-order valence-corrected chi connectivity index (χ1v) is 3.53. The van der Waals surface area contributed by atoms with Crippen molar-refractivity contribution in [1.82, 2.24) is 4.98 Å². The number of benzene rings is 1. The highest BCUT2D eigenvalue weighted by Crippen LogP contribution is 2.17. The number of aromatic amines is 1. The molecule has 0 saturated heterocycles. The summed E-state index contributed by atoms with van der Waals surface area (Å²) in [6.45, 7) is 0. The highest BCUT2D eigenvalue weighted by molar-refractivity contribution is 5.95. The summed E-state index contributed by atoms with van der Waals surface area (Å²) in [6.07, 6.45) is 2.32. The van der Waals surface area contributed by atoms with Gasteiger partial charge in [-0.1, -0.05) is 0 Å². The molecule has 0 fully saturated rings. The lowest BCUT2D eigenvalue weighted by atomic mass is 10.1. The van der Waals surface area contributed by atoms with Gasteiger partial charge in [0.1, 0.15) is 5.82 Å². The second-order valence-corrected chi connectivity index (χ2v) is 2.55. The van der Waals surface area contributed by atoms with Crippen molar-refractivity contribution in [3.05, 3.63) is 35.8 Å². The predicted molar refractivity (Wildman–Crippen MR) is 43.6 cm³/mol. The average Bonchev–Trinajstić information content (AvgIpc) is 2.50. The molecule has 60 valence electrons. The van der Waals surface area contributed by atoms with Gasteiger partial charge in [-0.15, -0.1) is 0 Å². The van der Waals surface area contributed by atoms with Crippen LogP contribution in [0, 0.1) is 5.82 Å². The zero-order valence-electron chi connectivity index (χ0n) is 6.17. The topological polar surface area (TPSA) is 32.9 Å². The highest BCUT2D eigenvalue weighted by atomic mass is 19.1. The Morgan fingerprint density at radius 2 is 2.25 bits per heavy atom. The number of aldehydes is 1. The summed E-state index contributed by atoms with van der Waals surface area (Å²) in [5, 5.41) is 0.720. The minimum Gasteiger partial charge on any atom is -0.361 e. The molecular formula is C9H6FNO. The molecule has 0 saturated carbocycles. The molecule has 0 aliphatic heterocycles. The van der Waals surface area contributed by atoms with Gasteiger partial charge in [-0.2, -0.15) is 0 Å². The molecule has 0 bridgehead atoms. The van der Waals surface area contributed by atoms with Gasteiger partial charge in [0.2, 0.25) is 0 Å². The Morgan fingerprint density at radius 3 is 3.00 bits per heavy atom. The summed E-state index contributed by atoms with van der Waals surface area (Å²) in [5.41, 5.74) is 1.04. The van der Waals surface area contributed by atoms with E-state index >= 15 is 0 Å². The smallest absolute Gasteiger partial charge is 0.152 e. The fourth-order valence-electron chi connectivity index (χ4n) is 1.26. The van der Waals surface area contributed by atoms with Crippen LogP contribution in [-0.4, -0.2) is 11.3 Å². The standard InChI is InChI=1S/C9H6FNO/c10-8-3-6-1-2-11-9(6)7(4-8)5-12/h1-5,11H. The number of rotatable bonds is 1. The van der Waals surface area contributed by atoms with Crippen molar-refractivity contribution in [2.45, 2.75) is 0 Å². The van der Waals surface area contributed by atoms with Gasteiger partial charge in [-0.05, 0) is 18.2 Å². The van der Waals surface area contributed by atoms with Crippen molar-refractivity contribution in [2.75, 3.05) is 0 Å². The van der Waals surface area contributed by atoms with E-state index in [0.717, 1.165) is 5.39 Å². The average molecular weight is 163 g/mol. The van der Waals surface area contributed by atoms with Crippen molar-refractivity contribution in [3.8, 4) is 0 Å². The Morgan fingerprint density at radius 1 is 1.42 bits per heavy atom. The minimum absolute atomic E-state index is 0.356. The normalized spacial score (nSPS) is 10.4. The SMILES string of the molecule is O=Cc1cc(F)cc2cc[nH]c12. The van der Waals surface area contributed by atoms with Gasteiger partial charge in [0.05, 0.1) is 5.52 Å². The Balaban J connectivity index is 2.88. The van der Waals surface area contributed by atoms with Crippen LogP contribution in [0.4, 0.5) is 4.39 Å². The third-order valence-electron chi connectivity index (χ3n) is 1.78. The molecule has 1 aromatic heterocycles. The molecule has 1 N–H and O–H groups in total. The number of hydrogen-bond acceptors (Lipinski definition) is 1. The third-order valence-corrected chi connectivity index (χ3v) is 1.78. The summed E-state index contributed by atoms with van der Waals surface area (Å²) >= 11 is 0. The zero-order chi connectivity index (χ0) is 8.55. The number of H-pyrrole nitrogens is 1. The molecule has 1 aromatic carbocycles. The molecule has 2 nitrogen and oxygen atoms in total. The number of aromatic nitrogens is 1. The number of halogens is 1. The Labute approximate surface area is 68.0 Å². The third kappa shape index (κ3) is 0.906. The van der Waals surface area contributed by atoms with Gasteiger partial charge >= 0.3 is 0 Å². The molecule has 0 atom stereocenters. The fraction of sp³-hybridized carbons (Fsp3) is 0. The molecule has 0 unspecified atom stereocenters. The fourth-order valence-corrected chi connectivity index (χ4v) is 1.26. The van der Waals surface area contributed by atoms with E-state index in [9.17, 15) is 9.18 Å². The second-order valence-electron chi connectivity index (χ2n) is 2.55. The Bertz CT molecular complexity index is 433. The van der Waals surface area contributed by atoms with E-state index in [2.05, 4.69) is 4.98 Å². The van der Waals surface area contributed by atoms with Crippen LogP contribution in [0.3, 0.4) is 0 Å². The molecule has 0 amide bonds. The van der Waals surface area contributed by atoms with Gasteiger partial charge in [0.25, 0.3) is 0 Å². The zero-order valence-corrected chi connectivity index (χ0v) is 6.17. The van der Waals surface area contributed by atoms with Crippen LogP contribution < -0.4 is 0 Å². The summed E-state index contributed by atoms with van der Waals surface area (Å²) in [5.74, 6) is -0.385. The lowest BCUT2D eigenvalue weighted by Gasteiger charge is -1.94. The van der Waals surface area contributed by atoms with Crippen LogP contribution in [0.5, 0.6) is 0 Å². The summed E-state index contributed by atoms with van der Waals surface area (Å²) in [4.78, 5) is 13.4. The Hall–Kier alpha value is -1.64. The van der Waals surface area contributed by atoms with Crippen LogP contribution in [0.15, 0.2) is 24.4 Å². The number of carbonyl (C=O) groups is 1. The molecule has 1 heterocycles. The van der Waals surface area contributed by atoms with Gasteiger partial charge in [-0.3, -0.25) is 4.79 Å². The number of hydrogen-bond donors (Lipinski definition) is 1.